The number of hydrogen-bond donors (Lipinski definition) is 1. The van der Waals surface area contributed by atoms with Crippen LogP contribution in [0.25, 0.3) is 11.3 Å². The number of imidazole rings is 1. The molecule has 3 nitrogen and oxygen atoms in total. The predicted octanol–water partition coefficient (Wildman–Crippen LogP) is 4.22. The first-order valence-corrected chi connectivity index (χ1v) is 6.70. The first kappa shape index (κ1) is 13.4. The molecule has 19 heavy (non-hydrogen) atoms. The van der Waals surface area contributed by atoms with E-state index in [0.29, 0.717) is 5.92 Å². The van der Waals surface area contributed by atoms with E-state index >= 15 is 0 Å². The summed E-state index contributed by atoms with van der Waals surface area (Å²) in [4.78, 5) is 7.56. The van der Waals surface area contributed by atoms with Crippen LogP contribution in [0.2, 0.25) is 0 Å². The van der Waals surface area contributed by atoms with Crippen LogP contribution in [-0.4, -0.2) is 9.97 Å². The summed E-state index contributed by atoms with van der Waals surface area (Å²) in [6.07, 6.45) is 2.58. The molecular formula is C16H19N3. The number of hydrogen-bond acceptors (Lipinski definition) is 2. The van der Waals surface area contributed by atoms with Gasteiger partial charge in [0, 0.05) is 0 Å². The van der Waals surface area contributed by atoms with Crippen molar-refractivity contribution in [1.29, 1.82) is 5.26 Å². The highest BCUT2D eigenvalue weighted by atomic mass is 14.9. The fraction of sp³-hybridized carbons (Fsp3) is 0.375. The summed E-state index contributed by atoms with van der Waals surface area (Å²) in [6.45, 7) is 6.36. The number of benzene rings is 1. The molecule has 98 valence electrons. The third kappa shape index (κ3) is 2.85. The number of H-pyrrole nitrogens is 1. The largest absolute Gasteiger partial charge is 0.341 e. The normalized spacial score (nSPS) is 12.4. The molecule has 1 aromatic carbocycles. The molecule has 0 aliphatic rings. The number of aromatic nitrogens is 2. The van der Waals surface area contributed by atoms with Gasteiger partial charge in [0.05, 0.1) is 18.0 Å². The zero-order valence-electron chi connectivity index (χ0n) is 11.6. The van der Waals surface area contributed by atoms with Gasteiger partial charge < -0.3 is 4.98 Å². The van der Waals surface area contributed by atoms with Gasteiger partial charge >= 0.3 is 0 Å². The van der Waals surface area contributed by atoms with E-state index < -0.39 is 0 Å². The Morgan fingerprint density at radius 1 is 1.26 bits per heavy atom. The van der Waals surface area contributed by atoms with E-state index in [0.717, 1.165) is 23.5 Å². The number of aromatic amines is 1. The van der Waals surface area contributed by atoms with Gasteiger partial charge in [0.1, 0.15) is 11.7 Å². The second kappa shape index (κ2) is 5.71. The quantitative estimate of drug-likeness (QED) is 0.887. The van der Waals surface area contributed by atoms with E-state index in [1.54, 1.807) is 6.20 Å². The molecule has 0 spiro atoms. The van der Waals surface area contributed by atoms with E-state index in [-0.39, 0.29) is 5.92 Å². The molecule has 0 radical (unpaired) electrons. The molecule has 0 amide bonds. The zero-order valence-corrected chi connectivity index (χ0v) is 11.6. The van der Waals surface area contributed by atoms with Gasteiger partial charge in [0.25, 0.3) is 0 Å². The standard InChI is InChI=1S/C16H19N3/c1-4-12(9-17)16-18-10-15(19-16)14-7-5-13(6-8-14)11(2)3/h5-8,10-12H,4H2,1-3H3,(H,18,19). The van der Waals surface area contributed by atoms with Crippen LogP contribution in [0, 0.1) is 11.3 Å². The molecule has 2 rings (SSSR count). The molecular weight excluding hydrogens is 234 g/mol. The number of nitriles is 1. The van der Waals surface area contributed by atoms with Gasteiger partial charge in [-0.15, -0.1) is 0 Å². The Kier molecular flexibility index (Phi) is 4.01. The third-order valence-electron chi connectivity index (χ3n) is 3.38. The minimum atomic E-state index is -0.149. The summed E-state index contributed by atoms with van der Waals surface area (Å²) in [5.74, 6) is 1.14. The van der Waals surface area contributed by atoms with E-state index in [9.17, 15) is 0 Å². The molecule has 1 N–H and O–H groups in total. The molecule has 3 heteroatoms. The monoisotopic (exact) mass is 253 g/mol. The predicted molar refractivity (Wildman–Crippen MR) is 76.8 cm³/mol. The van der Waals surface area contributed by atoms with Gasteiger partial charge in [-0.2, -0.15) is 5.26 Å². The molecule has 1 heterocycles. The summed E-state index contributed by atoms with van der Waals surface area (Å²) < 4.78 is 0. The van der Waals surface area contributed by atoms with Crippen LogP contribution in [0.5, 0.6) is 0 Å². The van der Waals surface area contributed by atoms with Gasteiger partial charge in [-0.3, -0.25) is 0 Å². The van der Waals surface area contributed by atoms with Crippen LogP contribution in [0.4, 0.5) is 0 Å². The van der Waals surface area contributed by atoms with Gasteiger partial charge in [-0.1, -0.05) is 45.0 Å². The van der Waals surface area contributed by atoms with Crippen molar-refractivity contribution in [2.45, 2.75) is 39.0 Å². The van der Waals surface area contributed by atoms with Gasteiger partial charge in [0.15, 0.2) is 0 Å². The minimum Gasteiger partial charge on any atom is -0.341 e. The molecule has 0 aliphatic heterocycles. The minimum absolute atomic E-state index is 0.149. The van der Waals surface area contributed by atoms with Crippen molar-refractivity contribution in [3.05, 3.63) is 41.9 Å². The maximum atomic E-state index is 9.05. The van der Waals surface area contributed by atoms with Crippen LogP contribution in [0.1, 0.15) is 50.4 Å². The highest BCUT2D eigenvalue weighted by Crippen LogP contribution is 2.23. The van der Waals surface area contributed by atoms with E-state index in [1.165, 1.54) is 5.56 Å². The van der Waals surface area contributed by atoms with Gasteiger partial charge in [-0.25, -0.2) is 4.98 Å². The molecule has 0 fully saturated rings. The van der Waals surface area contributed by atoms with E-state index in [4.69, 9.17) is 5.26 Å². The molecule has 1 atom stereocenters. The Balaban J connectivity index is 2.25. The topological polar surface area (TPSA) is 52.5 Å². The van der Waals surface area contributed by atoms with Crippen LogP contribution >= 0.6 is 0 Å². The average Bonchev–Trinajstić information content (AvgIpc) is 2.90. The first-order valence-electron chi connectivity index (χ1n) is 6.70. The summed E-state index contributed by atoms with van der Waals surface area (Å²) in [6, 6.07) is 10.7. The van der Waals surface area contributed by atoms with Crippen LogP contribution in [0.3, 0.4) is 0 Å². The SMILES string of the molecule is CCC(C#N)c1ncc(-c2ccc(C(C)C)cc2)[nH]1. The average molecular weight is 253 g/mol. The summed E-state index contributed by atoms with van der Waals surface area (Å²) in [5.41, 5.74) is 3.40. The molecule has 0 saturated heterocycles. The van der Waals surface area contributed by atoms with Crippen molar-refractivity contribution in [2.75, 3.05) is 0 Å². The van der Waals surface area contributed by atoms with Gasteiger partial charge in [-0.05, 0) is 23.5 Å². The van der Waals surface area contributed by atoms with Crippen LogP contribution in [-0.2, 0) is 0 Å². The molecule has 0 bridgehead atoms. The van der Waals surface area contributed by atoms with E-state index in [1.807, 2.05) is 6.92 Å². The fourth-order valence-electron chi connectivity index (χ4n) is 2.05. The third-order valence-corrected chi connectivity index (χ3v) is 3.38. The molecule has 1 unspecified atom stereocenters. The summed E-state index contributed by atoms with van der Waals surface area (Å²) in [5, 5.41) is 9.05. The van der Waals surface area contributed by atoms with Crippen LogP contribution in [0.15, 0.2) is 30.5 Å². The van der Waals surface area contributed by atoms with E-state index in [2.05, 4.69) is 54.2 Å². The number of rotatable bonds is 4. The fourth-order valence-corrected chi connectivity index (χ4v) is 2.05. The molecule has 0 saturated carbocycles. The van der Waals surface area contributed by atoms with Crippen molar-refractivity contribution >= 4 is 0 Å². The Labute approximate surface area is 114 Å². The van der Waals surface area contributed by atoms with Crippen molar-refractivity contribution < 1.29 is 0 Å². The second-order valence-electron chi connectivity index (χ2n) is 5.05. The molecule has 0 aliphatic carbocycles. The summed E-state index contributed by atoms with van der Waals surface area (Å²) in [7, 11) is 0. The molecule has 2 aromatic rings. The van der Waals surface area contributed by atoms with Crippen LogP contribution < -0.4 is 0 Å². The number of nitrogens with zero attached hydrogens (tertiary/aromatic N) is 2. The maximum Gasteiger partial charge on any atom is 0.123 e. The van der Waals surface area contributed by atoms with Crippen molar-refractivity contribution in [3.63, 3.8) is 0 Å². The maximum absolute atomic E-state index is 9.05. The molecule has 1 aromatic heterocycles. The first-order chi connectivity index (χ1) is 9.15. The van der Waals surface area contributed by atoms with Crippen molar-refractivity contribution in [2.24, 2.45) is 0 Å². The Morgan fingerprint density at radius 3 is 2.47 bits per heavy atom. The lowest BCUT2D eigenvalue weighted by Gasteiger charge is -2.06. The Hall–Kier alpha value is -2.08. The van der Waals surface area contributed by atoms with Gasteiger partial charge in [0.2, 0.25) is 0 Å². The lowest BCUT2D eigenvalue weighted by atomic mass is 10.0. The lowest BCUT2D eigenvalue weighted by Crippen LogP contribution is -1.96. The Bertz CT molecular complexity index is 573. The zero-order chi connectivity index (χ0) is 13.8. The summed E-state index contributed by atoms with van der Waals surface area (Å²) >= 11 is 0. The van der Waals surface area contributed by atoms with Crippen molar-refractivity contribution in [3.8, 4) is 17.3 Å². The highest BCUT2D eigenvalue weighted by molar-refractivity contribution is 5.59. The number of nitrogens with one attached hydrogen (secondary N) is 1. The Morgan fingerprint density at radius 2 is 1.95 bits per heavy atom. The smallest absolute Gasteiger partial charge is 0.123 e. The lowest BCUT2D eigenvalue weighted by molar-refractivity contribution is 0.766. The van der Waals surface area contributed by atoms with Crippen molar-refractivity contribution in [1.82, 2.24) is 9.97 Å². The highest BCUT2D eigenvalue weighted by Gasteiger charge is 2.12. The second-order valence-corrected chi connectivity index (χ2v) is 5.05.